The van der Waals surface area contributed by atoms with Crippen LogP contribution >= 0.6 is 0 Å². The number of halogens is 1. The maximum absolute atomic E-state index is 13.0. The number of benzene rings is 1. The fourth-order valence-electron chi connectivity index (χ4n) is 3.50. The molecule has 0 bridgehead atoms. The van der Waals surface area contributed by atoms with Gasteiger partial charge in [-0.25, -0.2) is 19.3 Å². The smallest absolute Gasteiger partial charge is 0.272 e. The minimum Gasteiger partial charge on any atom is -0.445 e. The molecule has 2 aromatic heterocycles. The molecule has 1 aliphatic rings. The summed E-state index contributed by atoms with van der Waals surface area (Å²) in [6.07, 6.45) is 5.68. The molecule has 0 saturated carbocycles. The number of aromatic nitrogens is 3. The van der Waals surface area contributed by atoms with Crippen molar-refractivity contribution in [2.45, 2.75) is 32.1 Å². The molecule has 1 unspecified atom stereocenters. The van der Waals surface area contributed by atoms with Crippen LogP contribution in [0.4, 0.5) is 4.39 Å². The first-order valence-electron chi connectivity index (χ1n) is 9.36. The summed E-state index contributed by atoms with van der Waals surface area (Å²) in [5.41, 5.74) is 1.38. The van der Waals surface area contributed by atoms with Crippen molar-refractivity contribution in [3.63, 3.8) is 0 Å². The monoisotopic (exact) mass is 380 g/mol. The third kappa shape index (κ3) is 4.08. The molecule has 0 N–H and O–H groups in total. The highest BCUT2D eigenvalue weighted by Crippen LogP contribution is 2.28. The summed E-state index contributed by atoms with van der Waals surface area (Å²) >= 11 is 0. The van der Waals surface area contributed by atoms with Crippen molar-refractivity contribution >= 4 is 5.91 Å². The van der Waals surface area contributed by atoms with Crippen LogP contribution in [0, 0.1) is 12.7 Å². The third-order valence-electron chi connectivity index (χ3n) is 4.92. The van der Waals surface area contributed by atoms with E-state index in [1.807, 2.05) is 0 Å². The van der Waals surface area contributed by atoms with Crippen molar-refractivity contribution in [3.8, 4) is 0 Å². The Morgan fingerprint density at radius 1 is 1.25 bits per heavy atom. The van der Waals surface area contributed by atoms with Gasteiger partial charge in [0.2, 0.25) is 0 Å². The zero-order chi connectivity index (χ0) is 19.5. The van der Waals surface area contributed by atoms with E-state index in [0.717, 1.165) is 24.2 Å². The van der Waals surface area contributed by atoms with Crippen molar-refractivity contribution in [2.24, 2.45) is 0 Å². The second-order valence-corrected chi connectivity index (χ2v) is 7.05. The van der Waals surface area contributed by atoms with E-state index >= 15 is 0 Å². The van der Waals surface area contributed by atoms with Crippen LogP contribution in [-0.2, 0) is 6.42 Å². The summed E-state index contributed by atoms with van der Waals surface area (Å²) in [7, 11) is 0. The Kier molecular flexibility index (Phi) is 5.14. The molecule has 28 heavy (non-hydrogen) atoms. The summed E-state index contributed by atoms with van der Waals surface area (Å²) in [5, 5.41) is 0. The number of amides is 1. The zero-order valence-electron chi connectivity index (χ0n) is 15.6. The third-order valence-corrected chi connectivity index (χ3v) is 4.92. The SMILES string of the molecule is Cc1nccc(C(=O)N2CCCC(c3ncc(Cc4ccc(F)cc4)o3)C2)n1. The second-order valence-electron chi connectivity index (χ2n) is 7.05. The number of hydrogen-bond donors (Lipinski definition) is 0. The molecule has 1 atom stereocenters. The minimum atomic E-state index is -0.257. The topological polar surface area (TPSA) is 72.1 Å². The highest BCUT2D eigenvalue weighted by Gasteiger charge is 2.29. The second kappa shape index (κ2) is 7.88. The number of nitrogens with zero attached hydrogens (tertiary/aromatic N) is 4. The molecule has 0 radical (unpaired) electrons. The Hall–Kier alpha value is -3.09. The van der Waals surface area contributed by atoms with E-state index in [2.05, 4.69) is 15.0 Å². The summed E-state index contributed by atoms with van der Waals surface area (Å²) in [6.45, 7) is 3.02. The van der Waals surface area contributed by atoms with E-state index in [9.17, 15) is 9.18 Å². The average Bonchev–Trinajstić information content (AvgIpc) is 3.18. The minimum absolute atomic E-state index is 0.0580. The fourth-order valence-corrected chi connectivity index (χ4v) is 3.50. The predicted molar refractivity (Wildman–Crippen MR) is 100 cm³/mol. The lowest BCUT2D eigenvalue weighted by atomic mass is 9.97. The predicted octanol–water partition coefficient (Wildman–Crippen LogP) is 3.52. The number of piperidine rings is 1. The van der Waals surface area contributed by atoms with Gasteiger partial charge in [0.15, 0.2) is 5.89 Å². The van der Waals surface area contributed by atoms with Gasteiger partial charge in [-0.2, -0.15) is 0 Å². The highest BCUT2D eigenvalue weighted by atomic mass is 19.1. The normalized spacial score (nSPS) is 16.9. The number of likely N-dealkylation sites (tertiary alicyclic amines) is 1. The van der Waals surface area contributed by atoms with Crippen molar-refractivity contribution in [1.82, 2.24) is 19.9 Å². The van der Waals surface area contributed by atoms with Crippen molar-refractivity contribution in [3.05, 3.63) is 77.3 Å². The first kappa shape index (κ1) is 18.3. The van der Waals surface area contributed by atoms with Crippen LogP contribution < -0.4 is 0 Å². The van der Waals surface area contributed by atoms with Gasteiger partial charge >= 0.3 is 0 Å². The van der Waals surface area contributed by atoms with E-state index < -0.39 is 0 Å². The molecule has 1 aromatic carbocycles. The van der Waals surface area contributed by atoms with Crippen LogP contribution in [0.15, 0.2) is 47.1 Å². The Labute approximate surface area is 162 Å². The molecule has 0 aliphatic carbocycles. The number of aryl methyl sites for hydroxylation is 1. The molecule has 1 amide bonds. The highest BCUT2D eigenvalue weighted by molar-refractivity contribution is 5.92. The zero-order valence-corrected chi connectivity index (χ0v) is 15.6. The van der Waals surface area contributed by atoms with Crippen LogP contribution in [0.2, 0.25) is 0 Å². The van der Waals surface area contributed by atoms with E-state index in [1.165, 1.54) is 12.1 Å². The number of rotatable bonds is 4. The molecular weight excluding hydrogens is 359 g/mol. The van der Waals surface area contributed by atoms with Gasteiger partial charge in [-0.15, -0.1) is 0 Å². The molecule has 1 aliphatic heterocycles. The van der Waals surface area contributed by atoms with Gasteiger partial charge in [0, 0.05) is 25.7 Å². The van der Waals surface area contributed by atoms with Crippen LogP contribution in [0.5, 0.6) is 0 Å². The summed E-state index contributed by atoms with van der Waals surface area (Å²) < 4.78 is 19.0. The lowest BCUT2D eigenvalue weighted by molar-refractivity contribution is 0.0691. The van der Waals surface area contributed by atoms with E-state index in [0.29, 0.717) is 36.9 Å². The Morgan fingerprint density at radius 3 is 2.86 bits per heavy atom. The molecule has 4 rings (SSSR count). The number of hydrogen-bond acceptors (Lipinski definition) is 5. The summed E-state index contributed by atoms with van der Waals surface area (Å²) in [4.78, 5) is 27.3. The molecule has 1 fully saturated rings. The Morgan fingerprint density at radius 2 is 2.07 bits per heavy atom. The van der Waals surface area contributed by atoms with Crippen LogP contribution in [0.25, 0.3) is 0 Å². The number of oxazole rings is 1. The lowest BCUT2D eigenvalue weighted by Gasteiger charge is -2.31. The van der Waals surface area contributed by atoms with Crippen LogP contribution in [-0.4, -0.2) is 38.8 Å². The van der Waals surface area contributed by atoms with Crippen molar-refractivity contribution in [1.29, 1.82) is 0 Å². The molecular formula is C21H21FN4O2. The maximum Gasteiger partial charge on any atom is 0.272 e. The van der Waals surface area contributed by atoms with Gasteiger partial charge in [0.1, 0.15) is 23.1 Å². The fraction of sp³-hybridized carbons (Fsp3) is 0.333. The summed E-state index contributed by atoms with van der Waals surface area (Å²) in [5.74, 6) is 1.67. The van der Waals surface area contributed by atoms with Gasteiger partial charge in [0.25, 0.3) is 5.91 Å². The molecule has 3 aromatic rings. The van der Waals surface area contributed by atoms with Gasteiger partial charge in [0.05, 0.1) is 12.1 Å². The van der Waals surface area contributed by atoms with Gasteiger partial charge in [-0.3, -0.25) is 4.79 Å². The van der Waals surface area contributed by atoms with E-state index in [1.54, 1.807) is 42.4 Å². The number of carbonyl (C=O) groups is 1. The quantitative estimate of drug-likeness (QED) is 0.692. The lowest BCUT2D eigenvalue weighted by Crippen LogP contribution is -2.39. The van der Waals surface area contributed by atoms with Gasteiger partial charge < -0.3 is 9.32 Å². The Balaban J connectivity index is 1.44. The van der Waals surface area contributed by atoms with Crippen molar-refractivity contribution < 1.29 is 13.6 Å². The first-order valence-corrected chi connectivity index (χ1v) is 9.36. The first-order chi connectivity index (χ1) is 13.6. The van der Waals surface area contributed by atoms with Crippen LogP contribution in [0.3, 0.4) is 0 Å². The molecule has 0 spiro atoms. The standard InChI is InChI=1S/C21H21FN4O2/c1-14-23-9-8-19(25-14)21(27)26-10-2-3-16(13-26)20-24-12-18(28-20)11-15-4-6-17(22)7-5-15/h4-9,12,16H,2-3,10-11,13H2,1H3. The maximum atomic E-state index is 13.0. The number of carbonyl (C=O) groups excluding carboxylic acids is 1. The Bertz CT molecular complexity index is 971. The van der Waals surface area contributed by atoms with E-state index in [-0.39, 0.29) is 17.6 Å². The van der Waals surface area contributed by atoms with Crippen LogP contribution in [0.1, 0.15) is 52.3 Å². The largest absolute Gasteiger partial charge is 0.445 e. The molecule has 7 heteroatoms. The average molecular weight is 380 g/mol. The summed E-state index contributed by atoms with van der Waals surface area (Å²) in [6, 6.07) is 7.99. The molecule has 6 nitrogen and oxygen atoms in total. The molecule has 144 valence electrons. The van der Waals surface area contributed by atoms with E-state index in [4.69, 9.17) is 4.42 Å². The molecule has 3 heterocycles. The van der Waals surface area contributed by atoms with Crippen molar-refractivity contribution in [2.75, 3.05) is 13.1 Å². The van der Waals surface area contributed by atoms with Gasteiger partial charge in [-0.1, -0.05) is 12.1 Å². The van der Waals surface area contributed by atoms with Gasteiger partial charge in [-0.05, 0) is 43.5 Å². The molecule has 1 saturated heterocycles.